The predicted octanol–water partition coefficient (Wildman–Crippen LogP) is 2.91. The minimum absolute atomic E-state index is 0.227. The molecule has 1 aromatic carbocycles. The smallest absolute Gasteiger partial charge is 0.307 e. The topological polar surface area (TPSA) is 44.1 Å². The zero-order chi connectivity index (χ0) is 14.5. The number of carbonyl (C=O) groups is 1. The summed E-state index contributed by atoms with van der Waals surface area (Å²) >= 11 is 5.75. The van der Waals surface area contributed by atoms with Gasteiger partial charge in [0.25, 0.3) is 0 Å². The van der Waals surface area contributed by atoms with Crippen LogP contribution in [-0.4, -0.2) is 28.0 Å². The van der Waals surface area contributed by atoms with E-state index in [2.05, 4.69) is 4.98 Å². The summed E-state index contributed by atoms with van der Waals surface area (Å²) in [5.74, 6) is 0.435. The molecule has 6 heteroatoms. The Kier molecular flexibility index (Phi) is 4.95. The highest BCUT2D eigenvalue weighted by Gasteiger charge is 2.14. The van der Waals surface area contributed by atoms with E-state index in [1.54, 1.807) is 19.1 Å². The van der Waals surface area contributed by atoms with Crippen LogP contribution in [0.4, 0.5) is 4.39 Å². The van der Waals surface area contributed by atoms with Crippen molar-refractivity contribution in [1.29, 1.82) is 0 Å². The third-order valence-electron chi connectivity index (χ3n) is 2.97. The van der Waals surface area contributed by atoms with Gasteiger partial charge in [-0.3, -0.25) is 4.79 Å². The first-order valence-corrected chi connectivity index (χ1v) is 7.06. The summed E-state index contributed by atoms with van der Waals surface area (Å²) in [6, 6.07) is 4.79. The molecule has 2 aromatic rings. The number of halogens is 2. The average Bonchev–Trinajstić information content (AvgIpc) is 2.77. The molecule has 4 nitrogen and oxygen atoms in total. The van der Waals surface area contributed by atoms with Gasteiger partial charge >= 0.3 is 5.97 Å². The molecule has 0 unspecified atom stereocenters. The van der Waals surface area contributed by atoms with Crippen molar-refractivity contribution in [3.05, 3.63) is 29.8 Å². The van der Waals surface area contributed by atoms with E-state index in [4.69, 9.17) is 16.3 Å². The van der Waals surface area contributed by atoms with Gasteiger partial charge in [0.2, 0.25) is 0 Å². The molecule has 0 bridgehead atoms. The molecule has 0 spiro atoms. The van der Waals surface area contributed by atoms with Gasteiger partial charge in [0.15, 0.2) is 5.82 Å². The Balaban J connectivity index is 2.31. The molecule has 0 fully saturated rings. The summed E-state index contributed by atoms with van der Waals surface area (Å²) in [6.07, 6.45) is 0.754. The Morgan fingerprint density at radius 3 is 3.00 bits per heavy atom. The van der Waals surface area contributed by atoms with Gasteiger partial charge in [0, 0.05) is 18.8 Å². The Labute approximate surface area is 121 Å². The molecule has 0 radical (unpaired) electrons. The van der Waals surface area contributed by atoms with E-state index in [1.165, 1.54) is 6.07 Å². The number of imidazole rings is 1. The summed E-state index contributed by atoms with van der Waals surface area (Å²) in [4.78, 5) is 15.7. The minimum Gasteiger partial charge on any atom is -0.466 e. The third kappa shape index (κ3) is 3.10. The highest BCUT2D eigenvalue weighted by atomic mass is 35.5. The first-order valence-electron chi connectivity index (χ1n) is 6.52. The van der Waals surface area contributed by atoms with Crippen molar-refractivity contribution in [2.45, 2.75) is 26.3 Å². The molecule has 1 aromatic heterocycles. The number of para-hydroxylation sites is 1. The molecule has 0 atom stereocenters. The van der Waals surface area contributed by atoms with E-state index < -0.39 is 0 Å². The maximum absolute atomic E-state index is 13.7. The quantitative estimate of drug-likeness (QED) is 0.608. The summed E-state index contributed by atoms with van der Waals surface area (Å²) < 4.78 is 20.5. The molecule has 0 saturated heterocycles. The largest absolute Gasteiger partial charge is 0.466 e. The Hall–Kier alpha value is -1.62. The van der Waals surface area contributed by atoms with Crippen LogP contribution in [-0.2, 0) is 22.5 Å². The average molecular weight is 299 g/mol. The summed E-state index contributed by atoms with van der Waals surface area (Å²) in [6.45, 7) is 2.52. The number of benzene rings is 1. The van der Waals surface area contributed by atoms with Crippen molar-refractivity contribution < 1.29 is 13.9 Å². The number of aryl methyl sites for hydroxylation is 2. The van der Waals surface area contributed by atoms with Crippen LogP contribution in [0.1, 0.15) is 19.2 Å². The molecule has 0 aliphatic carbocycles. The number of ether oxygens (including phenoxy) is 1. The third-order valence-corrected chi connectivity index (χ3v) is 3.16. The highest BCUT2D eigenvalue weighted by molar-refractivity contribution is 6.17. The van der Waals surface area contributed by atoms with E-state index in [-0.39, 0.29) is 18.2 Å². The Morgan fingerprint density at radius 1 is 1.50 bits per heavy atom. The maximum Gasteiger partial charge on any atom is 0.307 e. The van der Waals surface area contributed by atoms with Gasteiger partial charge in [-0.1, -0.05) is 6.07 Å². The van der Waals surface area contributed by atoms with Crippen LogP contribution >= 0.6 is 11.6 Å². The molecular formula is C14H16ClFN2O2. The van der Waals surface area contributed by atoms with Gasteiger partial charge in [-0.05, 0) is 19.1 Å². The molecular weight excluding hydrogens is 283 g/mol. The molecule has 0 amide bonds. The molecule has 108 valence electrons. The maximum atomic E-state index is 13.7. The normalized spacial score (nSPS) is 10.9. The fourth-order valence-electron chi connectivity index (χ4n) is 2.12. The second-order valence-electron chi connectivity index (χ2n) is 4.28. The zero-order valence-corrected chi connectivity index (χ0v) is 12.0. The van der Waals surface area contributed by atoms with Gasteiger partial charge in [0.05, 0.1) is 18.5 Å². The lowest BCUT2D eigenvalue weighted by atomic mass is 10.3. The van der Waals surface area contributed by atoms with Crippen LogP contribution in [0.3, 0.4) is 0 Å². The van der Waals surface area contributed by atoms with E-state index in [0.29, 0.717) is 42.3 Å². The summed E-state index contributed by atoms with van der Waals surface area (Å²) in [7, 11) is 0. The number of hydrogen-bond acceptors (Lipinski definition) is 3. The second-order valence-corrected chi connectivity index (χ2v) is 4.66. The highest BCUT2D eigenvalue weighted by Crippen LogP contribution is 2.20. The van der Waals surface area contributed by atoms with Crippen LogP contribution in [0.2, 0.25) is 0 Å². The van der Waals surface area contributed by atoms with Crippen LogP contribution in [0.15, 0.2) is 18.2 Å². The summed E-state index contributed by atoms with van der Waals surface area (Å²) in [5.41, 5.74) is 0.992. The van der Waals surface area contributed by atoms with Crippen molar-refractivity contribution in [2.75, 3.05) is 12.5 Å². The number of hydrogen-bond donors (Lipinski definition) is 0. The predicted molar refractivity (Wildman–Crippen MR) is 75.4 cm³/mol. The van der Waals surface area contributed by atoms with E-state index in [1.807, 2.05) is 4.57 Å². The van der Waals surface area contributed by atoms with Gasteiger partial charge in [-0.15, -0.1) is 11.6 Å². The fourth-order valence-corrected chi connectivity index (χ4v) is 2.29. The van der Waals surface area contributed by atoms with E-state index in [0.717, 1.165) is 0 Å². The Bertz CT molecular complexity index is 612. The number of aromatic nitrogens is 2. The lowest BCUT2D eigenvalue weighted by Gasteiger charge is -2.08. The number of nitrogens with zero attached hydrogens (tertiary/aromatic N) is 2. The lowest BCUT2D eigenvalue weighted by molar-refractivity contribution is -0.143. The minimum atomic E-state index is -0.367. The first kappa shape index (κ1) is 14.8. The number of fused-ring (bicyclic) bond motifs is 1. The standard InChI is InChI=1S/C14H16ClFN2O2/c1-2-20-13(19)7-9-18-11-5-3-4-10(16)14(11)17-12(18)6-8-15/h3-5H,2,6-9H2,1H3. The van der Waals surface area contributed by atoms with Crippen molar-refractivity contribution in [3.8, 4) is 0 Å². The molecule has 0 N–H and O–H groups in total. The van der Waals surface area contributed by atoms with Crippen molar-refractivity contribution >= 4 is 28.6 Å². The van der Waals surface area contributed by atoms with Crippen LogP contribution in [0.25, 0.3) is 11.0 Å². The fraction of sp³-hybridized carbons (Fsp3) is 0.429. The van der Waals surface area contributed by atoms with Crippen molar-refractivity contribution in [3.63, 3.8) is 0 Å². The number of alkyl halides is 1. The molecule has 0 aliphatic heterocycles. The summed E-state index contributed by atoms with van der Waals surface area (Å²) in [5, 5.41) is 0. The zero-order valence-electron chi connectivity index (χ0n) is 11.2. The molecule has 2 rings (SSSR count). The number of rotatable bonds is 6. The van der Waals surface area contributed by atoms with E-state index in [9.17, 15) is 9.18 Å². The van der Waals surface area contributed by atoms with Gasteiger partial charge < -0.3 is 9.30 Å². The second kappa shape index (κ2) is 6.70. The van der Waals surface area contributed by atoms with Gasteiger partial charge in [-0.25, -0.2) is 9.37 Å². The Morgan fingerprint density at radius 2 is 2.30 bits per heavy atom. The van der Waals surface area contributed by atoms with Crippen LogP contribution in [0.5, 0.6) is 0 Å². The lowest BCUT2D eigenvalue weighted by Crippen LogP contribution is -2.11. The molecule has 0 saturated carbocycles. The van der Waals surface area contributed by atoms with Crippen molar-refractivity contribution in [2.24, 2.45) is 0 Å². The van der Waals surface area contributed by atoms with Crippen LogP contribution in [0, 0.1) is 5.82 Å². The van der Waals surface area contributed by atoms with E-state index >= 15 is 0 Å². The van der Waals surface area contributed by atoms with Crippen LogP contribution < -0.4 is 0 Å². The van der Waals surface area contributed by atoms with Gasteiger partial charge in [-0.2, -0.15) is 0 Å². The molecule has 0 aliphatic rings. The molecule has 20 heavy (non-hydrogen) atoms. The number of esters is 1. The SMILES string of the molecule is CCOC(=O)CCn1c(CCCl)nc2c(F)cccc21. The number of carbonyl (C=O) groups excluding carboxylic acids is 1. The van der Waals surface area contributed by atoms with Crippen molar-refractivity contribution in [1.82, 2.24) is 9.55 Å². The monoisotopic (exact) mass is 298 g/mol. The van der Waals surface area contributed by atoms with Gasteiger partial charge in [0.1, 0.15) is 11.3 Å². The molecule has 1 heterocycles. The first-order chi connectivity index (χ1) is 9.67.